The summed E-state index contributed by atoms with van der Waals surface area (Å²) in [5.41, 5.74) is -0.542. The summed E-state index contributed by atoms with van der Waals surface area (Å²) in [5, 5.41) is 4.15. The van der Waals surface area contributed by atoms with Gasteiger partial charge in [0.15, 0.2) is 5.69 Å². The summed E-state index contributed by atoms with van der Waals surface area (Å²) in [6, 6.07) is 3.57. The zero-order valence-corrected chi connectivity index (χ0v) is 15.7. The van der Waals surface area contributed by atoms with Crippen LogP contribution in [0.25, 0.3) is 0 Å². The standard InChI is InChI=1S/C17H19ClF3N5O/c1-11-12(2)26(23-16(11)17(19,20)21)10-15(27)25-7-5-24(6-8-25)14-4-3-13(18)9-22-14/h3-4,9H,5-8,10H2,1-2H3. The number of carbonyl (C=O) groups is 1. The lowest BCUT2D eigenvalue weighted by atomic mass is 10.2. The van der Waals surface area contributed by atoms with E-state index in [1.165, 1.54) is 13.8 Å². The molecule has 10 heteroatoms. The van der Waals surface area contributed by atoms with Gasteiger partial charge in [0.1, 0.15) is 12.4 Å². The molecule has 1 aliphatic rings. The Morgan fingerprint density at radius 3 is 2.37 bits per heavy atom. The first-order valence-corrected chi connectivity index (χ1v) is 8.80. The third-order valence-corrected chi connectivity index (χ3v) is 4.95. The largest absolute Gasteiger partial charge is 0.435 e. The topological polar surface area (TPSA) is 54.3 Å². The van der Waals surface area contributed by atoms with Crippen molar-refractivity contribution in [2.75, 3.05) is 31.1 Å². The lowest BCUT2D eigenvalue weighted by molar-refractivity contribution is -0.142. The highest BCUT2D eigenvalue weighted by Crippen LogP contribution is 2.31. The highest BCUT2D eigenvalue weighted by molar-refractivity contribution is 6.30. The molecule has 0 saturated carbocycles. The van der Waals surface area contributed by atoms with E-state index in [1.807, 2.05) is 11.0 Å². The van der Waals surface area contributed by atoms with E-state index in [0.29, 0.717) is 36.9 Å². The number of aromatic nitrogens is 3. The van der Waals surface area contributed by atoms with Crippen LogP contribution in [-0.2, 0) is 17.5 Å². The van der Waals surface area contributed by atoms with Gasteiger partial charge in [-0.15, -0.1) is 0 Å². The molecule has 1 amide bonds. The minimum absolute atomic E-state index is 0.0499. The van der Waals surface area contributed by atoms with Gasteiger partial charge in [0.25, 0.3) is 0 Å². The first kappa shape index (κ1) is 19.5. The zero-order valence-electron chi connectivity index (χ0n) is 14.9. The number of nitrogens with zero attached hydrogens (tertiary/aromatic N) is 5. The quantitative estimate of drug-likeness (QED) is 0.793. The third-order valence-electron chi connectivity index (χ3n) is 4.73. The summed E-state index contributed by atoms with van der Waals surface area (Å²) in [6.45, 7) is 4.81. The predicted molar refractivity (Wildman–Crippen MR) is 94.7 cm³/mol. The van der Waals surface area contributed by atoms with Gasteiger partial charge in [0.05, 0.1) is 5.02 Å². The Labute approximate surface area is 159 Å². The summed E-state index contributed by atoms with van der Waals surface area (Å²) >= 11 is 5.83. The smallest absolute Gasteiger partial charge is 0.353 e. The molecule has 0 aromatic carbocycles. The van der Waals surface area contributed by atoms with Crippen LogP contribution in [0.2, 0.25) is 5.02 Å². The Hall–Kier alpha value is -2.29. The number of anilines is 1. The molecule has 1 saturated heterocycles. The summed E-state index contributed by atoms with van der Waals surface area (Å²) in [4.78, 5) is 20.4. The van der Waals surface area contributed by atoms with Crippen LogP contribution in [0, 0.1) is 13.8 Å². The molecule has 3 rings (SSSR count). The van der Waals surface area contributed by atoms with Crippen molar-refractivity contribution in [2.45, 2.75) is 26.6 Å². The van der Waals surface area contributed by atoms with Crippen molar-refractivity contribution in [1.82, 2.24) is 19.7 Å². The molecule has 1 aliphatic heterocycles. The van der Waals surface area contributed by atoms with Gasteiger partial charge in [-0.3, -0.25) is 9.48 Å². The predicted octanol–water partition coefficient (Wildman–Crippen LogP) is 2.92. The molecule has 0 radical (unpaired) electrons. The molecule has 3 heterocycles. The lowest BCUT2D eigenvalue weighted by Crippen LogP contribution is -2.50. The molecule has 1 fully saturated rings. The van der Waals surface area contributed by atoms with Crippen molar-refractivity contribution in [1.29, 1.82) is 0 Å². The fraction of sp³-hybridized carbons (Fsp3) is 0.471. The van der Waals surface area contributed by atoms with E-state index in [4.69, 9.17) is 11.6 Å². The molecular formula is C17H19ClF3N5O. The van der Waals surface area contributed by atoms with Crippen molar-refractivity contribution in [3.63, 3.8) is 0 Å². The first-order chi connectivity index (χ1) is 12.7. The summed E-state index contributed by atoms with van der Waals surface area (Å²) in [5.74, 6) is 0.526. The van der Waals surface area contributed by atoms with E-state index in [1.54, 1.807) is 17.2 Å². The van der Waals surface area contributed by atoms with E-state index in [0.717, 1.165) is 10.5 Å². The highest BCUT2D eigenvalue weighted by atomic mass is 35.5. The van der Waals surface area contributed by atoms with Gasteiger partial charge >= 0.3 is 6.18 Å². The lowest BCUT2D eigenvalue weighted by Gasteiger charge is -2.35. The van der Waals surface area contributed by atoms with Gasteiger partial charge in [-0.2, -0.15) is 18.3 Å². The van der Waals surface area contributed by atoms with Crippen LogP contribution >= 0.6 is 11.6 Å². The maximum Gasteiger partial charge on any atom is 0.435 e. The molecule has 0 bridgehead atoms. The third kappa shape index (κ3) is 4.18. The van der Waals surface area contributed by atoms with Crippen molar-refractivity contribution in [3.05, 3.63) is 40.3 Å². The number of hydrogen-bond acceptors (Lipinski definition) is 4. The van der Waals surface area contributed by atoms with E-state index in [9.17, 15) is 18.0 Å². The molecule has 0 unspecified atom stereocenters. The summed E-state index contributed by atoms with van der Waals surface area (Å²) in [6.07, 6.45) is -2.96. The summed E-state index contributed by atoms with van der Waals surface area (Å²) in [7, 11) is 0. The average molecular weight is 402 g/mol. The van der Waals surface area contributed by atoms with Crippen molar-refractivity contribution in [2.24, 2.45) is 0 Å². The molecule has 146 valence electrons. The second kappa shape index (κ2) is 7.38. The zero-order chi connectivity index (χ0) is 19.8. The van der Waals surface area contributed by atoms with Crippen LogP contribution < -0.4 is 4.90 Å². The second-order valence-corrected chi connectivity index (χ2v) is 6.85. The Morgan fingerprint density at radius 2 is 1.85 bits per heavy atom. The maximum atomic E-state index is 13.0. The van der Waals surface area contributed by atoms with Crippen LogP contribution in [0.1, 0.15) is 17.0 Å². The van der Waals surface area contributed by atoms with Gasteiger partial charge in [0, 0.05) is 43.6 Å². The Balaban J connectivity index is 1.63. The number of rotatable bonds is 3. The Morgan fingerprint density at radius 1 is 1.19 bits per heavy atom. The fourth-order valence-corrected chi connectivity index (χ4v) is 3.14. The van der Waals surface area contributed by atoms with Gasteiger partial charge in [-0.05, 0) is 26.0 Å². The Kier molecular flexibility index (Phi) is 5.32. The second-order valence-electron chi connectivity index (χ2n) is 6.42. The Bertz CT molecular complexity index is 826. The monoisotopic (exact) mass is 401 g/mol. The average Bonchev–Trinajstić information content (AvgIpc) is 2.91. The molecule has 0 atom stereocenters. The number of piperazine rings is 1. The fourth-order valence-electron chi connectivity index (χ4n) is 3.03. The SMILES string of the molecule is Cc1c(C(F)(F)F)nn(CC(=O)N2CCN(c3ccc(Cl)cn3)CC2)c1C. The van der Waals surface area contributed by atoms with Crippen LogP contribution in [0.3, 0.4) is 0 Å². The minimum Gasteiger partial charge on any atom is -0.353 e. The number of hydrogen-bond donors (Lipinski definition) is 0. The van der Waals surface area contributed by atoms with E-state index in [-0.39, 0.29) is 18.0 Å². The first-order valence-electron chi connectivity index (χ1n) is 8.42. The molecule has 0 spiro atoms. The van der Waals surface area contributed by atoms with Gasteiger partial charge in [-0.1, -0.05) is 11.6 Å². The maximum absolute atomic E-state index is 13.0. The van der Waals surface area contributed by atoms with E-state index < -0.39 is 11.9 Å². The number of carbonyl (C=O) groups excluding carboxylic acids is 1. The minimum atomic E-state index is -4.53. The van der Waals surface area contributed by atoms with E-state index in [2.05, 4.69) is 10.1 Å². The number of pyridine rings is 1. The summed E-state index contributed by atoms with van der Waals surface area (Å²) < 4.78 is 40.0. The molecule has 0 N–H and O–H groups in total. The molecule has 27 heavy (non-hydrogen) atoms. The van der Waals surface area contributed by atoms with Crippen molar-refractivity contribution < 1.29 is 18.0 Å². The molecule has 2 aromatic heterocycles. The van der Waals surface area contributed by atoms with Crippen LogP contribution in [-0.4, -0.2) is 51.8 Å². The normalized spacial score (nSPS) is 15.3. The van der Waals surface area contributed by atoms with Gasteiger partial charge in [-0.25, -0.2) is 4.98 Å². The molecule has 2 aromatic rings. The van der Waals surface area contributed by atoms with Gasteiger partial charge in [0.2, 0.25) is 5.91 Å². The van der Waals surface area contributed by atoms with Crippen molar-refractivity contribution >= 4 is 23.3 Å². The molecule has 6 nitrogen and oxygen atoms in total. The molecule has 0 aliphatic carbocycles. The molecular weight excluding hydrogens is 383 g/mol. The number of amides is 1. The number of halogens is 4. The van der Waals surface area contributed by atoms with Crippen molar-refractivity contribution in [3.8, 4) is 0 Å². The van der Waals surface area contributed by atoms with Crippen LogP contribution in [0.15, 0.2) is 18.3 Å². The van der Waals surface area contributed by atoms with E-state index >= 15 is 0 Å². The number of alkyl halides is 3. The van der Waals surface area contributed by atoms with Gasteiger partial charge < -0.3 is 9.80 Å². The van der Waals surface area contributed by atoms with Crippen LogP contribution in [0.4, 0.5) is 19.0 Å². The van der Waals surface area contributed by atoms with Crippen LogP contribution in [0.5, 0.6) is 0 Å². The highest BCUT2D eigenvalue weighted by Gasteiger charge is 2.37.